The molecule has 104 valence electrons. The summed E-state index contributed by atoms with van der Waals surface area (Å²) in [6.07, 6.45) is 4.27. The molecule has 0 spiro atoms. The molecule has 0 aliphatic heterocycles. The smallest absolute Gasteiger partial charge is 0.254 e. The zero-order valence-electron chi connectivity index (χ0n) is 11.9. The van der Waals surface area contributed by atoms with E-state index in [4.69, 9.17) is 0 Å². The molecule has 0 heterocycles. The molecule has 1 atom stereocenters. The lowest BCUT2D eigenvalue weighted by atomic mass is 9.75. The van der Waals surface area contributed by atoms with E-state index in [9.17, 15) is 9.18 Å². The number of rotatable bonds is 2. The second-order valence-electron chi connectivity index (χ2n) is 6.37. The topological polar surface area (TPSA) is 29.1 Å². The monoisotopic (exact) mass is 263 g/mol. The van der Waals surface area contributed by atoms with Crippen LogP contribution in [0, 0.1) is 18.2 Å². The van der Waals surface area contributed by atoms with E-state index in [0.29, 0.717) is 5.56 Å². The number of carbonyl (C=O) groups excluding carboxylic acids is 1. The molecule has 1 saturated carbocycles. The Morgan fingerprint density at radius 3 is 2.84 bits per heavy atom. The number of hydrogen-bond acceptors (Lipinski definition) is 1. The van der Waals surface area contributed by atoms with Crippen LogP contribution >= 0.6 is 0 Å². The number of amides is 1. The number of benzene rings is 1. The van der Waals surface area contributed by atoms with Gasteiger partial charge in [-0.2, -0.15) is 0 Å². The summed E-state index contributed by atoms with van der Waals surface area (Å²) < 4.78 is 13.9. The van der Waals surface area contributed by atoms with Crippen LogP contribution in [0.1, 0.15) is 55.5 Å². The van der Waals surface area contributed by atoms with Crippen LogP contribution in [0.15, 0.2) is 18.2 Å². The SMILES string of the molecule is Cc1cccc(C(=O)NC2CCCC(C)(C)C2)c1F. The molecule has 0 bridgehead atoms. The van der Waals surface area contributed by atoms with Crippen molar-refractivity contribution in [2.45, 2.75) is 52.5 Å². The molecule has 0 radical (unpaired) electrons. The number of nitrogens with one attached hydrogen (secondary N) is 1. The molecule has 2 nitrogen and oxygen atoms in total. The summed E-state index contributed by atoms with van der Waals surface area (Å²) >= 11 is 0. The zero-order valence-corrected chi connectivity index (χ0v) is 11.9. The van der Waals surface area contributed by atoms with Crippen molar-refractivity contribution < 1.29 is 9.18 Å². The standard InChI is InChI=1S/C16H22FNO/c1-11-6-4-8-13(14(11)17)15(19)18-12-7-5-9-16(2,3)10-12/h4,6,8,12H,5,7,9-10H2,1-3H3,(H,18,19). The fourth-order valence-electron chi connectivity index (χ4n) is 2.91. The number of aryl methyl sites for hydroxylation is 1. The molecule has 1 N–H and O–H groups in total. The van der Waals surface area contributed by atoms with E-state index in [2.05, 4.69) is 19.2 Å². The lowest BCUT2D eigenvalue weighted by molar-refractivity contribution is 0.0898. The Labute approximate surface area is 114 Å². The van der Waals surface area contributed by atoms with Gasteiger partial charge < -0.3 is 5.32 Å². The second kappa shape index (κ2) is 5.32. The van der Waals surface area contributed by atoms with Gasteiger partial charge in [0, 0.05) is 6.04 Å². The highest BCUT2D eigenvalue weighted by Gasteiger charge is 2.29. The molecule has 3 heteroatoms. The van der Waals surface area contributed by atoms with Gasteiger partial charge in [-0.15, -0.1) is 0 Å². The molecular weight excluding hydrogens is 241 g/mol. The molecule has 1 unspecified atom stereocenters. The van der Waals surface area contributed by atoms with Crippen molar-refractivity contribution in [3.8, 4) is 0 Å². The van der Waals surface area contributed by atoms with E-state index in [1.165, 1.54) is 6.42 Å². The lowest BCUT2D eigenvalue weighted by Gasteiger charge is -2.35. The molecular formula is C16H22FNO. The Bertz CT molecular complexity index is 482. The first-order chi connectivity index (χ1) is 8.89. The van der Waals surface area contributed by atoms with E-state index in [-0.39, 0.29) is 22.9 Å². The van der Waals surface area contributed by atoms with Crippen LogP contribution in [0.2, 0.25) is 0 Å². The Morgan fingerprint density at radius 1 is 1.42 bits per heavy atom. The van der Waals surface area contributed by atoms with E-state index in [1.54, 1.807) is 25.1 Å². The highest BCUT2D eigenvalue weighted by molar-refractivity contribution is 5.94. The molecule has 1 aromatic carbocycles. The Balaban J connectivity index is 2.07. The van der Waals surface area contributed by atoms with Gasteiger partial charge in [-0.25, -0.2) is 4.39 Å². The summed E-state index contributed by atoms with van der Waals surface area (Å²) in [6, 6.07) is 5.11. The number of hydrogen-bond donors (Lipinski definition) is 1. The molecule has 0 aromatic heterocycles. The summed E-state index contributed by atoms with van der Waals surface area (Å²) in [5.41, 5.74) is 0.932. The molecule has 0 saturated heterocycles. The van der Waals surface area contributed by atoms with Gasteiger partial charge in [-0.3, -0.25) is 4.79 Å². The first-order valence-corrected chi connectivity index (χ1v) is 6.95. The van der Waals surface area contributed by atoms with Crippen LogP contribution < -0.4 is 5.32 Å². The lowest BCUT2D eigenvalue weighted by Crippen LogP contribution is -2.41. The van der Waals surface area contributed by atoms with Crippen LogP contribution in [-0.2, 0) is 0 Å². The fourth-order valence-corrected chi connectivity index (χ4v) is 2.91. The molecule has 1 fully saturated rings. The molecule has 1 aliphatic rings. The Hall–Kier alpha value is -1.38. The van der Waals surface area contributed by atoms with Gasteiger partial charge in [-0.1, -0.05) is 32.4 Å². The van der Waals surface area contributed by atoms with E-state index in [1.807, 2.05) is 0 Å². The van der Waals surface area contributed by atoms with Gasteiger partial charge in [0.15, 0.2) is 0 Å². The second-order valence-corrected chi connectivity index (χ2v) is 6.37. The average molecular weight is 263 g/mol. The van der Waals surface area contributed by atoms with Crippen LogP contribution in [0.25, 0.3) is 0 Å². The highest BCUT2D eigenvalue weighted by atomic mass is 19.1. The Kier molecular flexibility index (Phi) is 3.93. The van der Waals surface area contributed by atoms with Gasteiger partial charge in [0.25, 0.3) is 5.91 Å². The normalized spacial score (nSPS) is 22.0. The third-order valence-corrected chi connectivity index (χ3v) is 3.98. The zero-order chi connectivity index (χ0) is 14.0. The third kappa shape index (κ3) is 3.34. The Morgan fingerprint density at radius 2 is 2.16 bits per heavy atom. The van der Waals surface area contributed by atoms with Crippen molar-refractivity contribution in [2.75, 3.05) is 0 Å². The molecule has 1 aromatic rings. The maximum absolute atomic E-state index is 13.9. The molecule has 1 aliphatic carbocycles. The van der Waals surface area contributed by atoms with Gasteiger partial charge in [0.2, 0.25) is 0 Å². The quantitative estimate of drug-likeness (QED) is 0.863. The van der Waals surface area contributed by atoms with Crippen molar-refractivity contribution in [3.05, 3.63) is 35.1 Å². The fraction of sp³-hybridized carbons (Fsp3) is 0.562. The van der Waals surface area contributed by atoms with E-state index in [0.717, 1.165) is 19.3 Å². The minimum atomic E-state index is -0.407. The first kappa shape index (κ1) is 14.0. The molecule has 19 heavy (non-hydrogen) atoms. The summed E-state index contributed by atoms with van der Waals surface area (Å²) in [5.74, 6) is -0.695. The number of carbonyl (C=O) groups is 1. The van der Waals surface area contributed by atoms with Gasteiger partial charge in [-0.05, 0) is 43.2 Å². The van der Waals surface area contributed by atoms with Crippen LogP contribution in [0.5, 0.6) is 0 Å². The highest BCUT2D eigenvalue weighted by Crippen LogP contribution is 2.35. The molecule has 1 amide bonds. The summed E-state index contributed by atoms with van der Waals surface area (Å²) in [4.78, 5) is 12.1. The maximum Gasteiger partial charge on any atom is 0.254 e. The summed E-state index contributed by atoms with van der Waals surface area (Å²) in [5, 5.41) is 2.98. The van der Waals surface area contributed by atoms with Crippen LogP contribution in [0.3, 0.4) is 0 Å². The maximum atomic E-state index is 13.9. The summed E-state index contributed by atoms with van der Waals surface area (Å²) in [7, 11) is 0. The van der Waals surface area contributed by atoms with Gasteiger partial charge >= 0.3 is 0 Å². The van der Waals surface area contributed by atoms with Crippen molar-refractivity contribution in [1.82, 2.24) is 5.32 Å². The predicted molar refractivity (Wildman–Crippen MR) is 74.6 cm³/mol. The van der Waals surface area contributed by atoms with E-state index < -0.39 is 5.82 Å². The van der Waals surface area contributed by atoms with Gasteiger partial charge in [0.1, 0.15) is 5.82 Å². The third-order valence-electron chi connectivity index (χ3n) is 3.98. The van der Waals surface area contributed by atoms with Crippen LogP contribution in [0.4, 0.5) is 4.39 Å². The van der Waals surface area contributed by atoms with Crippen LogP contribution in [-0.4, -0.2) is 11.9 Å². The molecule has 2 rings (SSSR count). The van der Waals surface area contributed by atoms with Crippen molar-refractivity contribution in [1.29, 1.82) is 0 Å². The average Bonchev–Trinajstić information content (AvgIpc) is 2.31. The van der Waals surface area contributed by atoms with Crippen molar-refractivity contribution in [2.24, 2.45) is 5.41 Å². The van der Waals surface area contributed by atoms with E-state index >= 15 is 0 Å². The minimum Gasteiger partial charge on any atom is -0.349 e. The van der Waals surface area contributed by atoms with Crippen molar-refractivity contribution >= 4 is 5.91 Å². The minimum absolute atomic E-state index is 0.156. The predicted octanol–water partition coefficient (Wildman–Crippen LogP) is 3.83. The first-order valence-electron chi connectivity index (χ1n) is 6.95. The van der Waals surface area contributed by atoms with Crippen molar-refractivity contribution in [3.63, 3.8) is 0 Å². The van der Waals surface area contributed by atoms with Gasteiger partial charge in [0.05, 0.1) is 5.56 Å². The largest absolute Gasteiger partial charge is 0.349 e. The number of halogens is 1. The summed E-state index contributed by atoms with van der Waals surface area (Å²) in [6.45, 7) is 6.12.